The van der Waals surface area contributed by atoms with Gasteiger partial charge in [0.2, 0.25) is 0 Å². The number of ether oxygens (including phenoxy) is 1. The lowest BCUT2D eigenvalue weighted by Gasteiger charge is -2.05. The van der Waals surface area contributed by atoms with E-state index in [2.05, 4.69) is 10.1 Å². The van der Waals surface area contributed by atoms with Crippen molar-refractivity contribution in [2.24, 2.45) is 17.2 Å². The summed E-state index contributed by atoms with van der Waals surface area (Å²) in [5, 5.41) is 10.7. The minimum absolute atomic E-state index is 0.190. The third-order valence-electron chi connectivity index (χ3n) is 2.67. The van der Waals surface area contributed by atoms with Crippen LogP contribution in [0.3, 0.4) is 0 Å². The normalized spacial score (nSPS) is 10.7. The van der Waals surface area contributed by atoms with Crippen molar-refractivity contribution in [2.45, 2.75) is 25.5 Å². The monoisotopic (exact) mass is 341 g/mol. The molecule has 1 aromatic rings. The van der Waals surface area contributed by atoms with Crippen molar-refractivity contribution in [3.05, 3.63) is 29.8 Å². The summed E-state index contributed by atoms with van der Waals surface area (Å²) in [6.07, 6.45) is 0.0678. The van der Waals surface area contributed by atoms with Crippen LogP contribution in [0.25, 0.3) is 0 Å². The van der Waals surface area contributed by atoms with E-state index in [0.717, 1.165) is 5.56 Å². The number of aliphatic carboxylic acids is 1. The van der Waals surface area contributed by atoms with Crippen LogP contribution in [0.2, 0.25) is 0 Å². The van der Waals surface area contributed by atoms with Gasteiger partial charge in [0.1, 0.15) is 12.6 Å². The van der Waals surface area contributed by atoms with E-state index in [0.29, 0.717) is 25.1 Å². The molecule has 0 bridgehead atoms. The Balaban J connectivity index is 0.000000441. The fraction of sp³-hybridized carbons (Fsp3) is 0.357. The van der Waals surface area contributed by atoms with Crippen LogP contribution in [-0.4, -0.2) is 35.8 Å². The van der Waals surface area contributed by atoms with Crippen molar-refractivity contribution in [3.8, 4) is 0 Å². The van der Waals surface area contributed by atoms with Crippen LogP contribution in [0.15, 0.2) is 24.3 Å². The number of nitrogen functional groups attached to an aromatic ring is 1. The number of rotatable bonds is 7. The molecule has 0 heterocycles. The molecule has 1 rings (SSSR count). The third kappa shape index (κ3) is 11.6. The summed E-state index contributed by atoms with van der Waals surface area (Å²) < 4.78 is 4.57. The second-order valence-corrected chi connectivity index (χ2v) is 4.73. The maximum atomic E-state index is 10.2. The highest BCUT2D eigenvalue weighted by Gasteiger charge is 2.09. The molecule has 10 nitrogen and oxygen atoms in total. The summed E-state index contributed by atoms with van der Waals surface area (Å²) in [6.45, 7) is 0.548. The molecule has 24 heavy (non-hydrogen) atoms. The number of hydrogen-bond donors (Lipinski definition) is 6. The number of anilines is 1. The molecule has 0 fully saturated rings. The lowest BCUT2D eigenvalue weighted by Crippen LogP contribution is -2.33. The average molecular weight is 341 g/mol. The Morgan fingerprint density at radius 1 is 1.17 bits per heavy atom. The van der Waals surface area contributed by atoms with Gasteiger partial charge in [0.05, 0.1) is 0 Å². The topological polar surface area (TPSA) is 197 Å². The summed E-state index contributed by atoms with van der Waals surface area (Å²) in [4.78, 5) is 30.5. The van der Waals surface area contributed by atoms with Crippen LogP contribution in [0.4, 0.5) is 15.3 Å². The molecule has 0 radical (unpaired) electrons. The Labute approximate surface area is 139 Å². The number of carboxylic acids is 1. The molecule has 0 unspecified atom stereocenters. The molecule has 0 aliphatic carbocycles. The van der Waals surface area contributed by atoms with Gasteiger partial charge in [-0.2, -0.15) is 0 Å². The van der Waals surface area contributed by atoms with Gasteiger partial charge >= 0.3 is 18.1 Å². The van der Waals surface area contributed by atoms with Crippen molar-refractivity contribution in [1.82, 2.24) is 5.32 Å². The van der Waals surface area contributed by atoms with E-state index >= 15 is 0 Å². The van der Waals surface area contributed by atoms with Gasteiger partial charge in [-0.25, -0.2) is 9.59 Å². The molecule has 0 saturated carbocycles. The van der Waals surface area contributed by atoms with Crippen molar-refractivity contribution in [1.29, 1.82) is 0 Å². The van der Waals surface area contributed by atoms with Gasteiger partial charge in [0, 0.05) is 12.2 Å². The highest BCUT2D eigenvalue weighted by atomic mass is 16.5. The summed E-state index contributed by atoms with van der Waals surface area (Å²) in [6, 6.07) is 5.55. The Morgan fingerprint density at radius 2 is 1.75 bits per heavy atom. The van der Waals surface area contributed by atoms with Crippen LogP contribution in [0.1, 0.15) is 18.4 Å². The highest BCUT2D eigenvalue weighted by molar-refractivity contribution is 5.73. The zero-order chi connectivity index (χ0) is 18.5. The molecule has 3 amide bonds. The molecular formula is C14H23N5O5. The molecule has 134 valence electrons. The lowest BCUT2D eigenvalue weighted by atomic mass is 10.2. The molecule has 10 heteroatoms. The predicted octanol–water partition coefficient (Wildman–Crippen LogP) is -0.289. The number of carbonyl (C=O) groups excluding carboxylic acids is 2. The second-order valence-electron chi connectivity index (χ2n) is 4.73. The standard InChI is InChI=1S/C8H10N2O2.C6H13N3O3/c9-7-3-1-6(2-4-7)5-12-8(10)11;7-4(5(10)11)2-1-3-9-6(8)12/h1-4H,5,9H2,(H2,10,11);4H,1-3,7H2,(H,10,11)(H3,8,9,12)/t;4-/m.0/s1. The second kappa shape index (κ2) is 11.5. The van der Waals surface area contributed by atoms with Crippen LogP contribution in [0, 0.1) is 0 Å². The van der Waals surface area contributed by atoms with E-state index in [1.807, 2.05) is 0 Å². The predicted molar refractivity (Wildman–Crippen MR) is 87.7 cm³/mol. The number of amides is 3. The first-order chi connectivity index (χ1) is 11.2. The number of nitrogens with two attached hydrogens (primary N) is 4. The van der Waals surface area contributed by atoms with Gasteiger partial charge in [-0.05, 0) is 30.5 Å². The molecule has 1 atom stereocenters. The SMILES string of the molecule is NC(=O)NCCC[C@H](N)C(=O)O.NC(=O)OCc1ccc(N)cc1. The molecule has 1 aromatic carbocycles. The van der Waals surface area contributed by atoms with Crippen LogP contribution in [0.5, 0.6) is 0 Å². The Bertz CT molecular complexity index is 535. The van der Waals surface area contributed by atoms with Crippen molar-refractivity contribution in [2.75, 3.05) is 12.3 Å². The quantitative estimate of drug-likeness (QED) is 0.289. The first kappa shape index (κ1) is 21.0. The van der Waals surface area contributed by atoms with E-state index in [1.54, 1.807) is 24.3 Å². The fourth-order valence-corrected chi connectivity index (χ4v) is 1.43. The van der Waals surface area contributed by atoms with E-state index in [4.69, 9.17) is 28.0 Å². The molecule has 0 spiro atoms. The van der Waals surface area contributed by atoms with Gasteiger partial charge < -0.3 is 38.1 Å². The maximum Gasteiger partial charge on any atom is 0.404 e. The van der Waals surface area contributed by atoms with Crippen molar-refractivity contribution >= 4 is 23.8 Å². The maximum absolute atomic E-state index is 10.2. The highest BCUT2D eigenvalue weighted by Crippen LogP contribution is 2.06. The Hall–Kier alpha value is -3.01. The molecule has 10 N–H and O–H groups in total. The fourth-order valence-electron chi connectivity index (χ4n) is 1.43. The number of primary amides is 2. The van der Waals surface area contributed by atoms with Gasteiger partial charge in [-0.3, -0.25) is 4.79 Å². The molecule has 0 aliphatic rings. The zero-order valence-electron chi connectivity index (χ0n) is 13.1. The molecular weight excluding hydrogens is 318 g/mol. The van der Waals surface area contributed by atoms with Crippen molar-refractivity contribution in [3.63, 3.8) is 0 Å². The van der Waals surface area contributed by atoms with E-state index in [9.17, 15) is 14.4 Å². The molecule has 0 saturated heterocycles. The zero-order valence-corrected chi connectivity index (χ0v) is 13.1. The summed E-state index contributed by atoms with van der Waals surface area (Å²) >= 11 is 0. The van der Waals surface area contributed by atoms with E-state index in [-0.39, 0.29) is 6.61 Å². The first-order valence-electron chi connectivity index (χ1n) is 7.00. The van der Waals surface area contributed by atoms with Gasteiger partial charge in [-0.1, -0.05) is 12.1 Å². The Morgan fingerprint density at radius 3 is 2.21 bits per heavy atom. The van der Waals surface area contributed by atoms with E-state index in [1.165, 1.54) is 0 Å². The van der Waals surface area contributed by atoms with Gasteiger partial charge in [0.25, 0.3) is 0 Å². The van der Waals surface area contributed by atoms with Crippen LogP contribution >= 0.6 is 0 Å². The molecule has 0 aromatic heterocycles. The van der Waals surface area contributed by atoms with Crippen LogP contribution in [-0.2, 0) is 16.1 Å². The third-order valence-corrected chi connectivity index (χ3v) is 2.67. The van der Waals surface area contributed by atoms with Gasteiger partial charge in [0.15, 0.2) is 0 Å². The number of carbonyl (C=O) groups is 3. The summed E-state index contributed by atoms with van der Waals surface area (Å²) in [5.41, 5.74) is 21.7. The summed E-state index contributed by atoms with van der Waals surface area (Å²) in [7, 11) is 0. The van der Waals surface area contributed by atoms with Crippen LogP contribution < -0.4 is 28.3 Å². The Kier molecular flexibility index (Phi) is 10.1. The minimum atomic E-state index is -1.03. The summed E-state index contributed by atoms with van der Waals surface area (Å²) in [5.74, 6) is -1.03. The first-order valence-corrected chi connectivity index (χ1v) is 7.00. The minimum Gasteiger partial charge on any atom is -0.480 e. The number of hydrogen-bond acceptors (Lipinski definition) is 6. The number of urea groups is 1. The van der Waals surface area contributed by atoms with Gasteiger partial charge in [-0.15, -0.1) is 0 Å². The number of carboxylic acid groups (broad SMARTS) is 1. The lowest BCUT2D eigenvalue weighted by molar-refractivity contribution is -0.138. The smallest absolute Gasteiger partial charge is 0.404 e. The largest absolute Gasteiger partial charge is 0.480 e. The number of benzene rings is 1. The average Bonchev–Trinajstić information content (AvgIpc) is 2.51. The number of nitrogens with one attached hydrogen (secondary N) is 1. The van der Waals surface area contributed by atoms with Crippen molar-refractivity contribution < 1.29 is 24.2 Å². The molecule has 0 aliphatic heterocycles. The van der Waals surface area contributed by atoms with E-state index < -0.39 is 24.1 Å².